The number of nitrogens with one attached hydrogen (secondary N) is 1. The van der Waals surface area contributed by atoms with Crippen LogP contribution in [0.15, 0.2) is 46.2 Å². The molecule has 1 amide bonds. The number of nitrogens with zero attached hydrogens (tertiary/aromatic N) is 3. The van der Waals surface area contributed by atoms with E-state index in [0.717, 1.165) is 17.3 Å². The molecule has 1 N–H and O–H groups in total. The van der Waals surface area contributed by atoms with Gasteiger partial charge in [0.1, 0.15) is 11.5 Å². The number of amides is 1. The van der Waals surface area contributed by atoms with Crippen LogP contribution in [0.4, 0.5) is 0 Å². The molecule has 0 aliphatic carbocycles. The second-order valence-corrected chi connectivity index (χ2v) is 7.68. The van der Waals surface area contributed by atoms with Crippen molar-refractivity contribution in [2.24, 2.45) is 0 Å². The number of aryl methyl sites for hydroxylation is 2. The maximum Gasteiger partial charge on any atom is 0.230 e. The number of hydrogen-bond donors (Lipinski definition) is 1. The molecule has 0 saturated heterocycles. The monoisotopic (exact) mass is 414 g/mol. The van der Waals surface area contributed by atoms with Crippen molar-refractivity contribution in [2.75, 3.05) is 5.75 Å². The highest BCUT2D eigenvalue weighted by Crippen LogP contribution is 2.25. The zero-order valence-corrected chi connectivity index (χ0v) is 18.0. The van der Waals surface area contributed by atoms with Gasteiger partial charge in [0.25, 0.3) is 0 Å². The number of rotatable bonds is 9. The van der Waals surface area contributed by atoms with Crippen LogP contribution in [0.3, 0.4) is 0 Å². The van der Waals surface area contributed by atoms with Crippen molar-refractivity contribution in [2.45, 2.75) is 52.0 Å². The Bertz CT molecular complexity index is 953. The molecule has 1 unspecified atom stereocenters. The number of ether oxygens (including phenoxy) is 1. The summed E-state index contributed by atoms with van der Waals surface area (Å²) < 4.78 is 13.3. The molecule has 0 aliphatic heterocycles. The molecular formula is C21H26N4O3S. The van der Waals surface area contributed by atoms with Gasteiger partial charge in [0.15, 0.2) is 17.1 Å². The summed E-state index contributed by atoms with van der Waals surface area (Å²) in [5, 5.41) is 12.1. The summed E-state index contributed by atoms with van der Waals surface area (Å²) in [6.45, 7) is 9.18. The quantitative estimate of drug-likeness (QED) is 0.532. The van der Waals surface area contributed by atoms with Gasteiger partial charge < -0.3 is 19.0 Å². The molecule has 3 rings (SSSR count). The lowest BCUT2D eigenvalue weighted by Crippen LogP contribution is -2.24. The zero-order chi connectivity index (χ0) is 20.8. The summed E-state index contributed by atoms with van der Waals surface area (Å²) >= 11 is 1.36. The van der Waals surface area contributed by atoms with Crippen LogP contribution in [-0.4, -0.2) is 26.4 Å². The molecule has 0 aliphatic rings. The fourth-order valence-electron chi connectivity index (χ4n) is 2.83. The molecule has 154 valence electrons. The van der Waals surface area contributed by atoms with Gasteiger partial charge in [-0.15, -0.1) is 10.2 Å². The minimum absolute atomic E-state index is 0.0852. The number of carbonyl (C=O) groups is 1. The van der Waals surface area contributed by atoms with Gasteiger partial charge in [-0.3, -0.25) is 4.79 Å². The molecule has 0 radical (unpaired) electrons. The summed E-state index contributed by atoms with van der Waals surface area (Å²) in [6.07, 6.45) is 1.33. The van der Waals surface area contributed by atoms with Crippen molar-refractivity contribution in [1.29, 1.82) is 0 Å². The third-order valence-corrected chi connectivity index (χ3v) is 5.56. The number of benzene rings is 1. The number of furan rings is 1. The Balaban J connectivity index is 1.59. The molecule has 0 spiro atoms. The van der Waals surface area contributed by atoms with Gasteiger partial charge in [-0.25, -0.2) is 0 Å². The van der Waals surface area contributed by atoms with Crippen molar-refractivity contribution in [1.82, 2.24) is 20.1 Å². The molecule has 8 heteroatoms. The molecule has 1 atom stereocenters. The maximum absolute atomic E-state index is 12.1. The smallest absolute Gasteiger partial charge is 0.230 e. The van der Waals surface area contributed by atoms with Gasteiger partial charge in [0.2, 0.25) is 5.91 Å². The average molecular weight is 415 g/mol. The molecule has 2 heterocycles. The van der Waals surface area contributed by atoms with Crippen molar-refractivity contribution in [3.05, 3.63) is 59.3 Å². The van der Waals surface area contributed by atoms with E-state index in [4.69, 9.17) is 9.15 Å². The summed E-state index contributed by atoms with van der Waals surface area (Å²) in [4.78, 5) is 12.1. The second kappa shape index (κ2) is 9.65. The Kier molecular flexibility index (Phi) is 6.98. The first-order valence-corrected chi connectivity index (χ1v) is 10.5. The summed E-state index contributed by atoms with van der Waals surface area (Å²) in [5.41, 5.74) is 2.41. The molecule has 7 nitrogen and oxygen atoms in total. The molecular weight excluding hydrogens is 388 g/mol. The molecule has 0 saturated carbocycles. The highest BCUT2D eigenvalue weighted by molar-refractivity contribution is 7.99. The second-order valence-electron chi connectivity index (χ2n) is 6.74. The average Bonchev–Trinajstić information content (AvgIpc) is 3.36. The fraction of sp³-hybridized carbons (Fsp3) is 0.381. The van der Waals surface area contributed by atoms with Crippen LogP contribution in [0.2, 0.25) is 0 Å². The standard InChI is InChI=1S/C21H26N4O3S/c1-5-25-20(16(4)28-17-9-8-14(2)15(3)11-17)23-24-21(25)29-13-19(26)22-12-18-7-6-10-27-18/h6-11,16H,5,12-13H2,1-4H3,(H,22,26). The van der Waals surface area contributed by atoms with Gasteiger partial charge in [-0.2, -0.15) is 0 Å². The van der Waals surface area contributed by atoms with Crippen molar-refractivity contribution >= 4 is 17.7 Å². The predicted octanol–water partition coefficient (Wildman–Crippen LogP) is 4.06. The summed E-state index contributed by atoms with van der Waals surface area (Å²) in [5.74, 6) is 2.44. The van der Waals surface area contributed by atoms with E-state index in [1.165, 1.54) is 22.9 Å². The van der Waals surface area contributed by atoms with E-state index in [1.54, 1.807) is 12.3 Å². The normalized spacial score (nSPS) is 12.0. The first-order chi connectivity index (χ1) is 14.0. The number of aromatic nitrogens is 3. The van der Waals surface area contributed by atoms with Crippen LogP contribution in [0.25, 0.3) is 0 Å². The maximum atomic E-state index is 12.1. The topological polar surface area (TPSA) is 82.2 Å². The van der Waals surface area contributed by atoms with E-state index in [1.807, 2.05) is 42.7 Å². The lowest BCUT2D eigenvalue weighted by Gasteiger charge is -2.16. The van der Waals surface area contributed by atoms with Gasteiger partial charge in [-0.05, 0) is 63.1 Å². The highest BCUT2D eigenvalue weighted by Gasteiger charge is 2.19. The fourth-order valence-corrected chi connectivity index (χ4v) is 3.67. The van der Waals surface area contributed by atoms with E-state index in [0.29, 0.717) is 18.2 Å². The third-order valence-electron chi connectivity index (χ3n) is 4.59. The lowest BCUT2D eigenvalue weighted by atomic mass is 10.1. The van der Waals surface area contributed by atoms with Crippen LogP contribution in [0, 0.1) is 13.8 Å². The SMILES string of the molecule is CCn1c(SCC(=O)NCc2ccco2)nnc1C(C)Oc1ccc(C)c(C)c1. The summed E-state index contributed by atoms with van der Waals surface area (Å²) in [6, 6.07) is 9.65. The van der Waals surface area contributed by atoms with Crippen LogP contribution >= 0.6 is 11.8 Å². The number of hydrogen-bond acceptors (Lipinski definition) is 6. The minimum Gasteiger partial charge on any atom is -0.483 e. The lowest BCUT2D eigenvalue weighted by molar-refractivity contribution is -0.118. The predicted molar refractivity (Wildman–Crippen MR) is 112 cm³/mol. The van der Waals surface area contributed by atoms with Crippen molar-refractivity contribution in [3.63, 3.8) is 0 Å². The minimum atomic E-state index is -0.258. The Morgan fingerprint density at radius 1 is 1.28 bits per heavy atom. The van der Waals surface area contributed by atoms with Gasteiger partial charge in [-0.1, -0.05) is 17.8 Å². The van der Waals surface area contributed by atoms with E-state index in [9.17, 15) is 4.79 Å². The van der Waals surface area contributed by atoms with Gasteiger partial charge in [0, 0.05) is 6.54 Å². The van der Waals surface area contributed by atoms with Crippen LogP contribution in [0.1, 0.15) is 42.7 Å². The number of carbonyl (C=O) groups excluding carboxylic acids is 1. The molecule has 2 aromatic heterocycles. The van der Waals surface area contributed by atoms with Crippen LogP contribution < -0.4 is 10.1 Å². The molecule has 0 bridgehead atoms. The highest BCUT2D eigenvalue weighted by atomic mass is 32.2. The molecule has 1 aromatic carbocycles. The molecule has 3 aromatic rings. The van der Waals surface area contributed by atoms with E-state index in [-0.39, 0.29) is 17.8 Å². The Morgan fingerprint density at radius 3 is 2.79 bits per heavy atom. The largest absolute Gasteiger partial charge is 0.483 e. The van der Waals surface area contributed by atoms with E-state index < -0.39 is 0 Å². The Labute approximate surface area is 174 Å². The first kappa shape index (κ1) is 21.0. The van der Waals surface area contributed by atoms with Crippen molar-refractivity contribution < 1.29 is 13.9 Å². The van der Waals surface area contributed by atoms with Crippen LogP contribution in [-0.2, 0) is 17.9 Å². The number of thioether (sulfide) groups is 1. The van der Waals surface area contributed by atoms with Crippen LogP contribution in [0.5, 0.6) is 5.75 Å². The molecule has 0 fully saturated rings. The van der Waals surface area contributed by atoms with Gasteiger partial charge in [0.05, 0.1) is 18.6 Å². The van der Waals surface area contributed by atoms with E-state index >= 15 is 0 Å². The zero-order valence-electron chi connectivity index (χ0n) is 17.1. The Hall–Kier alpha value is -2.74. The van der Waals surface area contributed by atoms with Crippen molar-refractivity contribution in [3.8, 4) is 5.75 Å². The Morgan fingerprint density at radius 2 is 2.10 bits per heavy atom. The first-order valence-electron chi connectivity index (χ1n) is 9.56. The summed E-state index contributed by atoms with van der Waals surface area (Å²) in [7, 11) is 0. The van der Waals surface area contributed by atoms with E-state index in [2.05, 4.69) is 29.4 Å². The van der Waals surface area contributed by atoms with Gasteiger partial charge >= 0.3 is 0 Å². The molecule has 29 heavy (non-hydrogen) atoms. The third kappa shape index (κ3) is 5.41.